The lowest BCUT2D eigenvalue weighted by Gasteiger charge is -2.22. The zero-order chi connectivity index (χ0) is 17.8. The van der Waals surface area contributed by atoms with Gasteiger partial charge < -0.3 is 15.2 Å². The van der Waals surface area contributed by atoms with Crippen LogP contribution in [-0.4, -0.2) is 39.5 Å². The Balaban J connectivity index is 1.72. The zero-order valence-electron chi connectivity index (χ0n) is 13.9. The van der Waals surface area contributed by atoms with Crippen LogP contribution in [-0.2, 0) is 11.3 Å². The van der Waals surface area contributed by atoms with Gasteiger partial charge in [-0.3, -0.25) is 10.1 Å². The summed E-state index contributed by atoms with van der Waals surface area (Å²) in [7, 11) is 0. The van der Waals surface area contributed by atoms with Crippen LogP contribution >= 0.6 is 0 Å². The van der Waals surface area contributed by atoms with Gasteiger partial charge in [-0.25, -0.2) is 0 Å². The Morgan fingerprint density at radius 1 is 1.32 bits per heavy atom. The number of benzene rings is 1. The van der Waals surface area contributed by atoms with Crippen LogP contribution in [0.4, 0.5) is 5.69 Å². The number of aromatic nitrogens is 2. The van der Waals surface area contributed by atoms with Crippen molar-refractivity contribution in [3.63, 3.8) is 0 Å². The van der Waals surface area contributed by atoms with Crippen molar-refractivity contribution in [1.82, 2.24) is 15.5 Å². The number of hydrogen-bond acceptors (Lipinski definition) is 7. The van der Waals surface area contributed by atoms with E-state index in [0.717, 1.165) is 37.8 Å². The van der Waals surface area contributed by atoms with Gasteiger partial charge in [0.15, 0.2) is 0 Å². The van der Waals surface area contributed by atoms with Gasteiger partial charge in [0.05, 0.1) is 22.4 Å². The fourth-order valence-electron chi connectivity index (χ4n) is 2.93. The van der Waals surface area contributed by atoms with Crippen LogP contribution in [0.15, 0.2) is 24.3 Å². The summed E-state index contributed by atoms with van der Waals surface area (Å²) in [5, 5.41) is 32.8. The number of aromatic hydroxyl groups is 1. The molecule has 25 heavy (non-hydrogen) atoms. The number of ether oxygens (including phenoxy) is 1. The Morgan fingerprint density at radius 3 is 2.68 bits per heavy atom. The largest absolute Gasteiger partial charge is 0.507 e. The molecule has 8 heteroatoms. The maximum atomic E-state index is 10.9. The van der Waals surface area contributed by atoms with Crippen LogP contribution in [0.5, 0.6) is 5.75 Å². The summed E-state index contributed by atoms with van der Waals surface area (Å²) in [5.41, 5.74) is 2.18. The molecule has 3 rings (SSSR count). The third-order valence-electron chi connectivity index (χ3n) is 4.28. The third kappa shape index (κ3) is 4.09. The number of nitro benzene ring substituents is 1. The molecular weight excluding hydrogens is 324 g/mol. The second-order valence-corrected chi connectivity index (χ2v) is 6.09. The van der Waals surface area contributed by atoms with Gasteiger partial charge in [0.25, 0.3) is 5.69 Å². The zero-order valence-corrected chi connectivity index (χ0v) is 13.9. The second kappa shape index (κ2) is 7.54. The Labute approximate surface area is 145 Å². The topological polar surface area (TPSA) is 110 Å². The van der Waals surface area contributed by atoms with Gasteiger partial charge in [0.1, 0.15) is 5.75 Å². The van der Waals surface area contributed by atoms with Crippen LogP contribution in [0.2, 0.25) is 0 Å². The molecule has 0 bridgehead atoms. The standard InChI is InChI=1S/C17H20N4O4/c1-11-8-14(21(23)24)9-16(22)17(11)15-3-2-13(19-20-15)10-18-12-4-6-25-7-5-12/h2-3,8-9,12,18,22H,4-7,10H2,1H3. The van der Waals surface area contributed by atoms with Crippen LogP contribution in [0, 0.1) is 17.0 Å². The van der Waals surface area contributed by atoms with E-state index in [4.69, 9.17) is 4.74 Å². The molecule has 0 atom stereocenters. The monoisotopic (exact) mass is 344 g/mol. The molecule has 0 aliphatic carbocycles. The van der Waals surface area contributed by atoms with E-state index in [1.807, 2.05) is 6.07 Å². The average Bonchev–Trinajstić information content (AvgIpc) is 2.61. The minimum atomic E-state index is -0.534. The predicted octanol–water partition coefficient (Wildman–Crippen LogP) is 2.33. The number of nitrogens with zero attached hydrogens (tertiary/aromatic N) is 3. The third-order valence-corrected chi connectivity index (χ3v) is 4.28. The molecule has 2 N–H and O–H groups in total. The summed E-state index contributed by atoms with van der Waals surface area (Å²) in [6.45, 7) is 3.87. The molecule has 1 aliphatic rings. The van der Waals surface area contributed by atoms with Crippen molar-refractivity contribution < 1.29 is 14.8 Å². The lowest BCUT2D eigenvalue weighted by Crippen LogP contribution is -2.34. The molecule has 1 aromatic carbocycles. The van der Waals surface area contributed by atoms with Crippen LogP contribution < -0.4 is 5.32 Å². The number of nitro groups is 1. The second-order valence-electron chi connectivity index (χ2n) is 6.09. The Hall–Kier alpha value is -2.58. The van der Waals surface area contributed by atoms with Gasteiger partial charge >= 0.3 is 0 Å². The molecule has 0 unspecified atom stereocenters. The number of non-ortho nitro benzene ring substituents is 1. The molecule has 8 nitrogen and oxygen atoms in total. The van der Waals surface area contributed by atoms with Crippen LogP contribution in [0.25, 0.3) is 11.3 Å². The number of phenols is 1. The van der Waals surface area contributed by atoms with Crippen molar-refractivity contribution in [2.45, 2.75) is 32.4 Å². The van der Waals surface area contributed by atoms with E-state index >= 15 is 0 Å². The lowest BCUT2D eigenvalue weighted by molar-refractivity contribution is -0.385. The smallest absolute Gasteiger partial charge is 0.273 e. The summed E-state index contributed by atoms with van der Waals surface area (Å²) >= 11 is 0. The summed E-state index contributed by atoms with van der Waals surface area (Å²) in [6, 6.07) is 6.58. The molecule has 0 spiro atoms. The van der Waals surface area contributed by atoms with Crippen molar-refractivity contribution in [3.8, 4) is 17.0 Å². The molecule has 0 radical (unpaired) electrons. The van der Waals surface area contributed by atoms with E-state index in [-0.39, 0.29) is 11.4 Å². The average molecular weight is 344 g/mol. The highest BCUT2D eigenvalue weighted by molar-refractivity contribution is 5.72. The quantitative estimate of drug-likeness (QED) is 0.632. The van der Waals surface area contributed by atoms with Gasteiger partial charge in [-0.15, -0.1) is 0 Å². The van der Waals surface area contributed by atoms with Gasteiger partial charge in [-0.1, -0.05) is 0 Å². The first-order valence-electron chi connectivity index (χ1n) is 8.16. The fourth-order valence-corrected chi connectivity index (χ4v) is 2.93. The lowest BCUT2D eigenvalue weighted by atomic mass is 10.0. The molecular formula is C17H20N4O4. The van der Waals surface area contributed by atoms with E-state index in [1.54, 1.807) is 13.0 Å². The van der Waals surface area contributed by atoms with Gasteiger partial charge in [-0.05, 0) is 37.5 Å². The van der Waals surface area contributed by atoms with E-state index in [2.05, 4.69) is 15.5 Å². The minimum absolute atomic E-state index is 0.149. The predicted molar refractivity (Wildman–Crippen MR) is 91.2 cm³/mol. The maximum absolute atomic E-state index is 10.9. The molecule has 2 aromatic rings. The van der Waals surface area contributed by atoms with Gasteiger partial charge in [0, 0.05) is 37.4 Å². The fraction of sp³-hybridized carbons (Fsp3) is 0.412. The number of nitrogens with one attached hydrogen (secondary N) is 1. The number of hydrogen-bond donors (Lipinski definition) is 2. The molecule has 1 saturated heterocycles. The first kappa shape index (κ1) is 17.2. The van der Waals surface area contributed by atoms with Gasteiger partial charge in [0.2, 0.25) is 0 Å². The van der Waals surface area contributed by atoms with E-state index in [0.29, 0.717) is 29.4 Å². The first-order chi connectivity index (χ1) is 12.0. The number of phenolic OH excluding ortho intramolecular Hbond substituents is 1. The molecule has 0 saturated carbocycles. The van der Waals surface area contributed by atoms with Crippen LogP contribution in [0.3, 0.4) is 0 Å². The summed E-state index contributed by atoms with van der Waals surface area (Å²) < 4.78 is 5.33. The highest BCUT2D eigenvalue weighted by Crippen LogP contribution is 2.34. The summed E-state index contributed by atoms with van der Waals surface area (Å²) in [5.74, 6) is -0.172. The Bertz CT molecular complexity index is 735. The van der Waals surface area contributed by atoms with Crippen molar-refractivity contribution in [1.29, 1.82) is 0 Å². The van der Waals surface area contributed by atoms with E-state index in [9.17, 15) is 15.2 Å². The molecule has 1 aromatic heterocycles. The van der Waals surface area contributed by atoms with Crippen molar-refractivity contribution in [2.24, 2.45) is 0 Å². The van der Waals surface area contributed by atoms with E-state index in [1.165, 1.54) is 6.07 Å². The molecule has 1 aliphatic heterocycles. The van der Waals surface area contributed by atoms with Crippen molar-refractivity contribution in [3.05, 3.63) is 45.6 Å². The van der Waals surface area contributed by atoms with E-state index < -0.39 is 4.92 Å². The number of rotatable bonds is 5. The SMILES string of the molecule is Cc1cc([N+](=O)[O-])cc(O)c1-c1ccc(CNC2CCOCC2)nn1. The highest BCUT2D eigenvalue weighted by Gasteiger charge is 2.17. The van der Waals surface area contributed by atoms with Crippen molar-refractivity contribution >= 4 is 5.69 Å². The minimum Gasteiger partial charge on any atom is -0.507 e. The maximum Gasteiger partial charge on any atom is 0.273 e. The Kier molecular flexibility index (Phi) is 5.20. The Morgan fingerprint density at radius 2 is 2.08 bits per heavy atom. The molecule has 132 valence electrons. The van der Waals surface area contributed by atoms with Crippen molar-refractivity contribution in [2.75, 3.05) is 13.2 Å². The normalized spacial score (nSPS) is 15.2. The highest BCUT2D eigenvalue weighted by atomic mass is 16.6. The number of aryl methyl sites for hydroxylation is 1. The molecule has 0 amide bonds. The summed E-state index contributed by atoms with van der Waals surface area (Å²) in [4.78, 5) is 10.3. The summed E-state index contributed by atoms with van der Waals surface area (Å²) in [6.07, 6.45) is 1.97. The molecule has 2 heterocycles. The van der Waals surface area contributed by atoms with Gasteiger partial charge in [-0.2, -0.15) is 10.2 Å². The first-order valence-corrected chi connectivity index (χ1v) is 8.16. The van der Waals surface area contributed by atoms with Crippen LogP contribution in [0.1, 0.15) is 24.1 Å². The molecule has 1 fully saturated rings.